The van der Waals surface area contributed by atoms with Crippen molar-refractivity contribution in [1.29, 1.82) is 0 Å². The van der Waals surface area contributed by atoms with E-state index >= 15 is 0 Å². The van der Waals surface area contributed by atoms with Crippen LogP contribution in [0.5, 0.6) is 0 Å². The first-order chi connectivity index (χ1) is 9.15. The maximum absolute atomic E-state index is 13.5. The van der Waals surface area contributed by atoms with Crippen molar-refractivity contribution >= 4 is 26.9 Å². The number of benzene rings is 2. The van der Waals surface area contributed by atoms with Gasteiger partial charge in [0.25, 0.3) is 0 Å². The molecule has 1 aromatic heterocycles. The van der Waals surface area contributed by atoms with Crippen LogP contribution in [0, 0.1) is 5.82 Å². The molecule has 19 heavy (non-hydrogen) atoms. The molecule has 0 amide bonds. The van der Waals surface area contributed by atoms with E-state index in [0.29, 0.717) is 15.8 Å². The SMILES string of the molecule is NC(c1ccc(Br)c(F)c1)c1cc2ccccc2o1. The van der Waals surface area contributed by atoms with Crippen LogP contribution in [0.3, 0.4) is 0 Å². The van der Waals surface area contributed by atoms with Crippen molar-refractivity contribution in [1.82, 2.24) is 0 Å². The smallest absolute Gasteiger partial charge is 0.137 e. The first-order valence-electron chi connectivity index (χ1n) is 5.84. The van der Waals surface area contributed by atoms with Gasteiger partial charge in [0, 0.05) is 5.39 Å². The predicted octanol–water partition coefficient (Wildman–Crippen LogP) is 4.38. The third-order valence-corrected chi connectivity index (χ3v) is 3.70. The largest absolute Gasteiger partial charge is 0.459 e. The first-order valence-corrected chi connectivity index (χ1v) is 6.63. The lowest BCUT2D eigenvalue weighted by Crippen LogP contribution is -2.11. The van der Waals surface area contributed by atoms with Gasteiger partial charge in [-0.25, -0.2) is 4.39 Å². The van der Waals surface area contributed by atoms with E-state index in [1.165, 1.54) is 6.07 Å². The van der Waals surface area contributed by atoms with Gasteiger partial charge in [0.2, 0.25) is 0 Å². The molecule has 0 aliphatic carbocycles. The second-order valence-corrected chi connectivity index (χ2v) is 5.19. The molecule has 3 rings (SSSR count). The third-order valence-electron chi connectivity index (χ3n) is 3.05. The molecule has 0 spiro atoms. The summed E-state index contributed by atoms with van der Waals surface area (Å²) in [5, 5.41) is 0.991. The summed E-state index contributed by atoms with van der Waals surface area (Å²) >= 11 is 3.12. The zero-order valence-electron chi connectivity index (χ0n) is 9.94. The molecule has 3 aromatic rings. The summed E-state index contributed by atoms with van der Waals surface area (Å²) in [6, 6.07) is 13.9. The Balaban J connectivity index is 2.02. The summed E-state index contributed by atoms with van der Waals surface area (Å²) in [5.74, 6) is 0.298. The number of hydrogen-bond acceptors (Lipinski definition) is 2. The second-order valence-electron chi connectivity index (χ2n) is 4.34. The average Bonchev–Trinajstić information content (AvgIpc) is 2.85. The minimum atomic E-state index is -0.477. The summed E-state index contributed by atoms with van der Waals surface area (Å²) in [6.07, 6.45) is 0. The van der Waals surface area contributed by atoms with Gasteiger partial charge in [0.1, 0.15) is 17.2 Å². The van der Waals surface area contributed by atoms with Crippen molar-refractivity contribution in [2.75, 3.05) is 0 Å². The molecule has 2 N–H and O–H groups in total. The molecule has 0 aliphatic rings. The molecule has 0 saturated carbocycles. The highest BCUT2D eigenvalue weighted by Gasteiger charge is 2.15. The molecule has 1 heterocycles. The number of halogens is 2. The van der Waals surface area contributed by atoms with Gasteiger partial charge in [-0.2, -0.15) is 0 Å². The number of nitrogens with two attached hydrogens (primary N) is 1. The molecule has 1 atom stereocenters. The third kappa shape index (κ3) is 2.29. The van der Waals surface area contributed by atoms with Crippen LogP contribution in [-0.4, -0.2) is 0 Å². The molecule has 1 unspecified atom stereocenters. The van der Waals surface area contributed by atoms with Crippen molar-refractivity contribution in [2.24, 2.45) is 5.73 Å². The van der Waals surface area contributed by atoms with Gasteiger partial charge in [0.15, 0.2) is 0 Å². The fraction of sp³-hybridized carbons (Fsp3) is 0.0667. The monoisotopic (exact) mass is 319 g/mol. The Hall–Kier alpha value is -1.65. The summed E-state index contributed by atoms with van der Waals surface area (Å²) in [5.41, 5.74) is 7.59. The van der Waals surface area contributed by atoms with Gasteiger partial charge in [-0.3, -0.25) is 0 Å². The number of hydrogen-bond donors (Lipinski definition) is 1. The van der Waals surface area contributed by atoms with Crippen LogP contribution in [0.25, 0.3) is 11.0 Å². The molecule has 96 valence electrons. The van der Waals surface area contributed by atoms with Gasteiger partial charge in [-0.15, -0.1) is 0 Å². The lowest BCUT2D eigenvalue weighted by atomic mass is 10.1. The zero-order valence-corrected chi connectivity index (χ0v) is 11.5. The van der Waals surface area contributed by atoms with Gasteiger partial charge < -0.3 is 10.2 Å². The lowest BCUT2D eigenvalue weighted by Gasteiger charge is -2.09. The molecule has 0 saturated heterocycles. The Labute approximate surface area is 118 Å². The fourth-order valence-corrected chi connectivity index (χ4v) is 2.27. The van der Waals surface area contributed by atoms with Crippen molar-refractivity contribution < 1.29 is 8.81 Å². The minimum Gasteiger partial charge on any atom is -0.459 e. The van der Waals surface area contributed by atoms with E-state index in [4.69, 9.17) is 10.2 Å². The van der Waals surface area contributed by atoms with Crippen LogP contribution in [0.15, 0.2) is 57.4 Å². The molecular formula is C15H11BrFNO. The van der Waals surface area contributed by atoms with Crippen LogP contribution >= 0.6 is 15.9 Å². The van der Waals surface area contributed by atoms with E-state index in [1.54, 1.807) is 12.1 Å². The highest BCUT2D eigenvalue weighted by Crippen LogP contribution is 2.28. The Bertz CT molecular complexity index is 705. The van der Waals surface area contributed by atoms with Crippen LogP contribution in [0.4, 0.5) is 4.39 Å². The summed E-state index contributed by atoms with van der Waals surface area (Å²) in [4.78, 5) is 0. The molecular weight excluding hydrogens is 309 g/mol. The quantitative estimate of drug-likeness (QED) is 0.761. The van der Waals surface area contributed by atoms with Gasteiger partial charge in [0.05, 0.1) is 10.5 Å². The Morgan fingerprint density at radius 2 is 1.89 bits per heavy atom. The van der Waals surface area contributed by atoms with E-state index in [2.05, 4.69) is 15.9 Å². The zero-order chi connectivity index (χ0) is 13.4. The van der Waals surface area contributed by atoms with E-state index in [9.17, 15) is 4.39 Å². The van der Waals surface area contributed by atoms with E-state index < -0.39 is 6.04 Å². The van der Waals surface area contributed by atoms with E-state index in [0.717, 1.165) is 11.0 Å². The van der Waals surface area contributed by atoms with Gasteiger partial charge in [-0.1, -0.05) is 24.3 Å². The van der Waals surface area contributed by atoms with Crippen LogP contribution in [0.2, 0.25) is 0 Å². The standard InChI is InChI=1S/C15H11BrFNO/c16-11-6-5-10(7-12(11)17)15(18)14-8-9-3-1-2-4-13(9)19-14/h1-8,15H,18H2. The first kappa shape index (κ1) is 12.4. The summed E-state index contributed by atoms with van der Waals surface area (Å²) in [7, 11) is 0. The molecule has 0 bridgehead atoms. The second kappa shape index (κ2) is 4.79. The average molecular weight is 320 g/mol. The van der Waals surface area contributed by atoms with Gasteiger partial charge in [-0.05, 0) is 45.8 Å². The van der Waals surface area contributed by atoms with Crippen LogP contribution < -0.4 is 5.73 Å². The molecule has 2 nitrogen and oxygen atoms in total. The molecule has 0 aliphatic heterocycles. The molecule has 2 aromatic carbocycles. The van der Waals surface area contributed by atoms with E-state index in [-0.39, 0.29) is 5.82 Å². The van der Waals surface area contributed by atoms with Crippen molar-refractivity contribution in [2.45, 2.75) is 6.04 Å². The number of rotatable bonds is 2. The van der Waals surface area contributed by atoms with Crippen molar-refractivity contribution in [3.63, 3.8) is 0 Å². The number of para-hydroxylation sites is 1. The van der Waals surface area contributed by atoms with Crippen molar-refractivity contribution in [3.8, 4) is 0 Å². The normalized spacial score (nSPS) is 12.8. The fourth-order valence-electron chi connectivity index (χ4n) is 2.03. The maximum Gasteiger partial charge on any atom is 0.137 e. The maximum atomic E-state index is 13.5. The predicted molar refractivity (Wildman–Crippen MR) is 76.3 cm³/mol. The van der Waals surface area contributed by atoms with Gasteiger partial charge >= 0.3 is 0 Å². The van der Waals surface area contributed by atoms with Crippen LogP contribution in [-0.2, 0) is 0 Å². The Kier molecular flexibility index (Phi) is 3.12. The Morgan fingerprint density at radius 3 is 2.63 bits per heavy atom. The molecule has 0 radical (unpaired) electrons. The summed E-state index contributed by atoms with van der Waals surface area (Å²) < 4.78 is 19.6. The molecule has 4 heteroatoms. The number of furan rings is 1. The highest BCUT2D eigenvalue weighted by molar-refractivity contribution is 9.10. The topological polar surface area (TPSA) is 39.2 Å². The highest BCUT2D eigenvalue weighted by atomic mass is 79.9. The summed E-state index contributed by atoms with van der Waals surface area (Å²) in [6.45, 7) is 0. The Morgan fingerprint density at radius 1 is 1.11 bits per heavy atom. The van der Waals surface area contributed by atoms with Crippen molar-refractivity contribution in [3.05, 3.63) is 70.1 Å². The molecule has 0 fully saturated rings. The van der Waals surface area contributed by atoms with Crippen LogP contribution in [0.1, 0.15) is 17.4 Å². The minimum absolute atomic E-state index is 0.330. The lowest BCUT2D eigenvalue weighted by molar-refractivity contribution is 0.523. The van der Waals surface area contributed by atoms with E-state index in [1.807, 2.05) is 30.3 Å². The number of fused-ring (bicyclic) bond motifs is 1.